The highest BCUT2D eigenvalue weighted by molar-refractivity contribution is 9.11. The molecule has 1 N–H and O–H groups in total. The highest BCUT2D eigenvalue weighted by atomic mass is 79.9. The van der Waals surface area contributed by atoms with Gasteiger partial charge in [0, 0.05) is 14.5 Å². The Kier molecular flexibility index (Phi) is 4.82. The van der Waals surface area contributed by atoms with Crippen LogP contribution in [0, 0.1) is 11.3 Å². The van der Waals surface area contributed by atoms with Gasteiger partial charge in [-0.1, -0.05) is 74.3 Å². The first-order valence-corrected chi connectivity index (χ1v) is 8.70. The largest absolute Gasteiger partial charge is 0.387 e. The van der Waals surface area contributed by atoms with Gasteiger partial charge in [0.2, 0.25) is 0 Å². The van der Waals surface area contributed by atoms with Crippen LogP contribution < -0.4 is 0 Å². The molecule has 3 aromatic rings. The summed E-state index contributed by atoms with van der Waals surface area (Å²) in [6.45, 7) is 0. The van der Waals surface area contributed by atoms with Crippen molar-refractivity contribution in [2.75, 3.05) is 0 Å². The van der Waals surface area contributed by atoms with E-state index >= 15 is 0 Å². The van der Waals surface area contributed by atoms with E-state index in [-0.39, 0.29) is 0 Å². The second-order valence-electron chi connectivity index (χ2n) is 5.29. The maximum absolute atomic E-state index is 10.8. The first-order chi connectivity index (χ1) is 11.1. The van der Waals surface area contributed by atoms with Crippen molar-refractivity contribution in [2.24, 2.45) is 0 Å². The van der Waals surface area contributed by atoms with Gasteiger partial charge < -0.3 is 5.11 Å². The van der Waals surface area contributed by atoms with Crippen LogP contribution in [0.25, 0.3) is 10.8 Å². The summed E-state index contributed by atoms with van der Waals surface area (Å²) >= 11 is 6.92. The molecule has 114 valence electrons. The number of fused-ring (bicyclic) bond motifs is 1. The summed E-state index contributed by atoms with van der Waals surface area (Å²) in [6, 6.07) is 21.7. The first kappa shape index (κ1) is 16.2. The van der Waals surface area contributed by atoms with Crippen LogP contribution in [-0.2, 0) is 0 Å². The summed E-state index contributed by atoms with van der Waals surface area (Å²) in [4.78, 5) is 0. The molecule has 0 aliphatic rings. The van der Waals surface area contributed by atoms with Crippen LogP contribution in [0.1, 0.15) is 23.1 Å². The van der Waals surface area contributed by atoms with E-state index in [2.05, 4.69) is 37.9 Å². The van der Waals surface area contributed by atoms with E-state index in [0.29, 0.717) is 5.56 Å². The number of nitriles is 1. The van der Waals surface area contributed by atoms with Gasteiger partial charge in [-0.25, -0.2) is 0 Å². The minimum Gasteiger partial charge on any atom is -0.387 e. The van der Waals surface area contributed by atoms with E-state index in [4.69, 9.17) is 0 Å². The molecule has 3 rings (SSSR count). The van der Waals surface area contributed by atoms with E-state index in [1.165, 1.54) is 0 Å². The average Bonchev–Trinajstić information content (AvgIpc) is 2.55. The Morgan fingerprint density at radius 3 is 2.17 bits per heavy atom. The molecule has 0 heterocycles. The maximum Gasteiger partial charge on any atom is 0.101 e. The van der Waals surface area contributed by atoms with Crippen molar-refractivity contribution in [1.29, 1.82) is 5.26 Å². The summed E-state index contributed by atoms with van der Waals surface area (Å²) < 4.78 is 1.56. The zero-order valence-electron chi connectivity index (χ0n) is 12.1. The second-order valence-corrected chi connectivity index (χ2v) is 7.00. The third kappa shape index (κ3) is 3.18. The van der Waals surface area contributed by atoms with Crippen molar-refractivity contribution in [3.05, 3.63) is 80.7 Å². The Morgan fingerprint density at radius 2 is 1.52 bits per heavy atom. The van der Waals surface area contributed by atoms with Crippen molar-refractivity contribution in [3.63, 3.8) is 0 Å². The zero-order chi connectivity index (χ0) is 16.4. The number of nitrogens with zero attached hydrogens (tertiary/aromatic N) is 1. The highest BCUT2D eigenvalue weighted by Gasteiger charge is 2.26. The van der Waals surface area contributed by atoms with E-state index in [0.717, 1.165) is 25.3 Å². The lowest BCUT2D eigenvalue weighted by Crippen LogP contribution is -2.10. The van der Waals surface area contributed by atoms with Crippen LogP contribution in [0.2, 0.25) is 0 Å². The lowest BCUT2D eigenvalue weighted by molar-refractivity contribution is 0.162. The van der Waals surface area contributed by atoms with Gasteiger partial charge >= 0.3 is 0 Å². The van der Waals surface area contributed by atoms with Crippen LogP contribution in [0.15, 0.2) is 69.6 Å². The molecule has 3 aromatic carbocycles. The molecular formula is C19H13Br2NO. The minimum absolute atomic E-state index is 0.644. The maximum atomic E-state index is 10.8. The molecular weight excluding hydrogens is 418 g/mol. The van der Waals surface area contributed by atoms with Crippen LogP contribution in [-0.4, -0.2) is 5.11 Å². The molecule has 0 amide bonds. The smallest absolute Gasteiger partial charge is 0.101 e. The normalized spacial score (nSPS) is 13.5. The van der Waals surface area contributed by atoms with Crippen molar-refractivity contribution in [1.82, 2.24) is 0 Å². The molecule has 2 atom stereocenters. The summed E-state index contributed by atoms with van der Waals surface area (Å²) in [5.74, 6) is -0.644. The van der Waals surface area contributed by atoms with Gasteiger partial charge in [0.25, 0.3) is 0 Å². The van der Waals surface area contributed by atoms with Crippen molar-refractivity contribution < 1.29 is 5.11 Å². The predicted octanol–water partition coefficient (Wildman–Crippen LogP) is 5.71. The summed E-state index contributed by atoms with van der Waals surface area (Å²) in [6.07, 6.45) is -0.925. The number of halogens is 2. The molecule has 2 nitrogen and oxygen atoms in total. The number of aliphatic hydroxyl groups is 1. The molecule has 0 saturated heterocycles. The lowest BCUT2D eigenvalue weighted by Gasteiger charge is -2.20. The fraction of sp³-hybridized carbons (Fsp3) is 0.105. The fourth-order valence-electron chi connectivity index (χ4n) is 2.69. The molecule has 23 heavy (non-hydrogen) atoms. The van der Waals surface area contributed by atoms with E-state index in [1.807, 2.05) is 60.7 Å². The predicted molar refractivity (Wildman–Crippen MR) is 99.1 cm³/mol. The Morgan fingerprint density at radius 1 is 0.870 bits per heavy atom. The summed E-state index contributed by atoms with van der Waals surface area (Å²) in [7, 11) is 0. The van der Waals surface area contributed by atoms with Crippen molar-refractivity contribution in [3.8, 4) is 6.07 Å². The van der Waals surface area contributed by atoms with Gasteiger partial charge in [0.1, 0.15) is 12.0 Å². The van der Waals surface area contributed by atoms with E-state index in [1.54, 1.807) is 0 Å². The molecule has 4 heteroatoms. The number of rotatable bonds is 3. The molecule has 0 spiro atoms. The average molecular weight is 431 g/mol. The Hall–Kier alpha value is -1.67. The first-order valence-electron chi connectivity index (χ1n) is 7.12. The van der Waals surface area contributed by atoms with Crippen LogP contribution >= 0.6 is 31.9 Å². The van der Waals surface area contributed by atoms with Crippen LogP contribution in [0.3, 0.4) is 0 Å². The fourth-order valence-corrected chi connectivity index (χ4v) is 4.16. The SMILES string of the molecule is N#C[C@@H](c1ccc2ccccc2c1)[C@H](O)c1c(Br)cccc1Br. The van der Waals surface area contributed by atoms with Gasteiger partial charge in [-0.15, -0.1) is 0 Å². The monoisotopic (exact) mass is 429 g/mol. The molecule has 0 aliphatic carbocycles. The molecule has 0 radical (unpaired) electrons. The summed E-state index contributed by atoms with van der Waals surface area (Å²) in [5.41, 5.74) is 1.49. The number of hydrogen-bond donors (Lipinski definition) is 1. The minimum atomic E-state index is -0.925. The third-order valence-corrected chi connectivity index (χ3v) is 5.27. The number of aliphatic hydroxyl groups excluding tert-OH is 1. The lowest BCUT2D eigenvalue weighted by atomic mass is 9.89. The van der Waals surface area contributed by atoms with Crippen molar-refractivity contribution >= 4 is 42.6 Å². The van der Waals surface area contributed by atoms with Gasteiger partial charge in [0.05, 0.1) is 6.07 Å². The number of benzene rings is 3. The molecule has 0 aliphatic heterocycles. The zero-order valence-corrected chi connectivity index (χ0v) is 15.3. The quantitative estimate of drug-likeness (QED) is 0.578. The molecule has 0 fully saturated rings. The number of hydrogen-bond acceptors (Lipinski definition) is 2. The Bertz CT molecular complexity index is 881. The molecule has 0 unspecified atom stereocenters. The van der Waals surface area contributed by atoms with Gasteiger partial charge in [-0.05, 0) is 34.5 Å². The van der Waals surface area contributed by atoms with Gasteiger partial charge in [0.15, 0.2) is 0 Å². The van der Waals surface area contributed by atoms with Crippen LogP contribution in [0.4, 0.5) is 0 Å². The van der Waals surface area contributed by atoms with Gasteiger partial charge in [-0.2, -0.15) is 5.26 Å². The Labute approximate surface area is 151 Å². The van der Waals surface area contributed by atoms with Crippen molar-refractivity contribution in [2.45, 2.75) is 12.0 Å². The van der Waals surface area contributed by atoms with E-state index < -0.39 is 12.0 Å². The van der Waals surface area contributed by atoms with E-state index in [9.17, 15) is 10.4 Å². The van der Waals surface area contributed by atoms with Gasteiger partial charge in [-0.3, -0.25) is 0 Å². The van der Waals surface area contributed by atoms with Crippen LogP contribution in [0.5, 0.6) is 0 Å². The summed E-state index contributed by atoms with van der Waals surface area (Å²) in [5, 5.41) is 22.6. The second kappa shape index (κ2) is 6.84. The highest BCUT2D eigenvalue weighted by Crippen LogP contribution is 2.39. The molecule has 0 bridgehead atoms. The molecule has 0 saturated carbocycles. The topological polar surface area (TPSA) is 44.0 Å². The molecule has 0 aromatic heterocycles. The third-order valence-electron chi connectivity index (χ3n) is 3.88. The standard InChI is InChI=1S/C19H13Br2NO/c20-16-6-3-7-17(21)18(16)19(23)15(11-22)14-9-8-12-4-1-2-5-13(12)10-14/h1-10,15,19,23H/t15-,19-/m0/s1. The Balaban J connectivity index is 2.06.